The van der Waals surface area contributed by atoms with Crippen LogP contribution in [0.5, 0.6) is 0 Å². The van der Waals surface area contributed by atoms with E-state index >= 15 is 0 Å². The van der Waals surface area contributed by atoms with Gasteiger partial charge in [-0.25, -0.2) is 4.98 Å². The van der Waals surface area contributed by atoms with Crippen LogP contribution in [0.25, 0.3) is 10.9 Å². The minimum Gasteiger partial charge on any atom is -0.344 e. The van der Waals surface area contributed by atoms with Gasteiger partial charge in [0, 0.05) is 17.5 Å². The first-order valence-corrected chi connectivity index (χ1v) is 11.4. The zero-order valence-electron chi connectivity index (χ0n) is 14.7. The number of fused-ring (bicyclic) bond motifs is 1. The summed E-state index contributed by atoms with van der Waals surface area (Å²) in [5.74, 6) is 0. The highest BCUT2D eigenvalue weighted by atomic mass is 28.3. The topological polar surface area (TPSA) is 49.0 Å². The molecule has 0 radical (unpaired) electrons. The number of H-pyrrole nitrogens is 1. The van der Waals surface area contributed by atoms with Crippen LogP contribution in [-0.2, 0) is 0 Å². The first-order chi connectivity index (χ1) is 11.3. The summed E-state index contributed by atoms with van der Waals surface area (Å²) >= 11 is 0. The van der Waals surface area contributed by atoms with Crippen molar-refractivity contribution in [1.82, 2.24) is 9.96 Å². The number of nitrogens with zero attached hydrogens (tertiary/aromatic N) is 2. The van der Waals surface area contributed by atoms with E-state index in [0.29, 0.717) is 10.9 Å². The van der Waals surface area contributed by atoms with Crippen molar-refractivity contribution in [2.24, 2.45) is 0 Å². The molecule has 0 aliphatic rings. The second kappa shape index (κ2) is 6.00. The Hall–Kier alpha value is -2.40. The van der Waals surface area contributed by atoms with Crippen LogP contribution in [0.2, 0.25) is 21.1 Å². The van der Waals surface area contributed by atoms with Gasteiger partial charge in [-0.15, -0.1) is 0 Å². The van der Waals surface area contributed by atoms with Crippen LogP contribution < -0.4 is 10.5 Å². The van der Waals surface area contributed by atoms with Gasteiger partial charge < -0.3 is 9.88 Å². The van der Waals surface area contributed by atoms with Crippen molar-refractivity contribution >= 4 is 30.4 Å². The first kappa shape index (κ1) is 14.2. The van der Waals surface area contributed by atoms with Gasteiger partial charge in [-0.1, -0.05) is 37.8 Å². The molecule has 0 unspecified atom stereocenters. The second-order valence-corrected chi connectivity index (χ2v) is 12.3. The normalized spacial score (nSPS) is 12.2. The van der Waals surface area contributed by atoms with E-state index in [1.54, 1.807) is 0 Å². The zero-order valence-corrected chi connectivity index (χ0v) is 14.7. The monoisotopic (exact) mass is 324 g/mol. The van der Waals surface area contributed by atoms with Crippen LogP contribution in [0.3, 0.4) is 0 Å². The van der Waals surface area contributed by atoms with Crippen molar-refractivity contribution in [2.45, 2.75) is 19.6 Å². The molecular formula is C18H21N3OSi. The van der Waals surface area contributed by atoms with Crippen molar-refractivity contribution in [3.63, 3.8) is 0 Å². The fraction of sp³-hybridized carbons (Fsp3) is 0.222. The Morgan fingerprint density at radius 2 is 1.87 bits per heavy atom. The number of aromatic nitrogens is 2. The van der Waals surface area contributed by atoms with Crippen molar-refractivity contribution in [3.8, 4) is 0 Å². The van der Waals surface area contributed by atoms with E-state index in [0.717, 1.165) is 22.5 Å². The summed E-state index contributed by atoms with van der Waals surface area (Å²) in [5, 5.41) is 0.474. The third-order valence-electron chi connectivity index (χ3n) is 3.59. The third-order valence-corrected chi connectivity index (χ3v) is 4.86. The van der Waals surface area contributed by atoms with Gasteiger partial charge in [0.15, 0.2) is 1.41 Å². The molecule has 3 aromatic rings. The fourth-order valence-corrected chi connectivity index (χ4v) is 3.92. The molecule has 0 saturated carbocycles. The number of aromatic amines is 1. The number of nitrogens with one attached hydrogen (secondary N) is 1. The van der Waals surface area contributed by atoms with Gasteiger partial charge in [0.25, 0.3) is 5.56 Å². The highest BCUT2D eigenvalue weighted by Crippen LogP contribution is 2.28. The van der Waals surface area contributed by atoms with Gasteiger partial charge in [0.1, 0.15) is 0 Å². The van der Waals surface area contributed by atoms with Crippen LogP contribution in [0.1, 0.15) is 0 Å². The number of hydrogen-bond acceptors (Lipinski definition) is 3. The maximum Gasteiger partial charge on any atom is 0.258 e. The highest BCUT2D eigenvalue weighted by Gasteiger charge is 2.20. The lowest BCUT2D eigenvalue weighted by Crippen LogP contribution is -2.37. The Labute approximate surface area is 138 Å². The molecule has 0 fully saturated rings. The van der Waals surface area contributed by atoms with Crippen LogP contribution in [-0.4, -0.2) is 24.2 Å². The smallest absolute Gasteiger partial charge is 0.258 e. The summed E-state index contributed by atoms with van der Waals surface area (Å²) in [6, 6.07) is 15.9. The van der Waals surface area contributed by atoms with Gasteiger partial charge in [0.05, 0.1) is 25.3 Å². The van der Waals surface area contributed by atoms with Crippen LogP contribution in [0.4, 0.5) is 11.4 Å². The Morgan fingerprint density at radius 3 is 2.57 bits per heavy atom. The highest BCUT2D eigenvalue weighted by molar-refractivity contribution is 6.76. The molecule has 0 spiro atoms. The molecule has 0 amide bonds. The van der Waals surface area contributed by atoms with Crippen molar-refractivity contribution < 1.29 is 1.41 Å². The molecule has 3 rings (SSSR count). The molecule has 1 aromatic heterocycles. The molecule has 1 N–H and O–H groups in total. The van der Waals surface area contributed by atoms with Crippen LogP contribution >= 0.6 is 0 Å². The molecule has 4 nitrogen and oxygen atoms in total. The van der Waals surface area contributed by atoms with E-state index in [1.165, 1.54) is 6.33 Å². The van der Waals surface area contributed by atoms with E-state index in [2.05, 4.69) is 41.7 Å². The van der Waals surface area contributed by atoms with E-state index in [4.69, 9.17) is 1.41 Å². The summed E-state index contributed by atoms with van der Waals surface area (Å²) in [5.41, 5.74) is 2.34. The standard InChI is InChI=1S/C18H21N3OSi/c1-23(2,3)13-21(14-7-5-4-6-8-14)15-9-10-17-16(11-15)18(22)20-12-19-17/h4-12H,13H2,1-3H3,(H,19,20,22)/i/hD. The minimum atomic E-state index is -1.39. The molecule has 0 aliphatic heterocycles. The summed E-state index contributed by atoms with van der Waals surface area (Å²) in [6.07, 6.45) is 2.18. The predicted molar refractivity (Wildman–Crippen MR) is 99.2 cm³/mol. The summed E-state index contributed by atoms with van der Waals surface area (Å²) in [7, 11) is -1.39. The molecule has 0 aliphatic carbocycles. The fourth-order valence-electron chi connectivity index (χ4n) is 2.60. The lowest BCUT2D eigenvalue weighted by molar-refractivity contribution is 1.12. The lowest BCUT2D eigenvalue weighted by atomic mass is 10.2. The maximum atomic E-state index is 12.3. The molecule has 2 aromatic carbocycles. The van der Waals surface area contributed by atoms with Crippen LogP contribution in [0, 0.1) is 0 Å². The second-order valence-electron chi connectivity index (χ2n) is 6.86. The molecule has 0 saturated heterocycles. The number of benzene rings is 2. The summed E-state index contributed by atoms with van der Waals surface area (Å²) < 4.78 is 7.62. The quantitative estimate of drug-likeness (QED) is 0.740. The van der Waals surface area contributed by atoms with Crippen molar-refractivity contribution in [3.05, 3.63) is 65.2 Å². The zero-order chi connectivity index (χ0) is 17.3. The van der Waals surface area contributed by atoms with Gasteiger partial charge in [-0.2, -0.15) is 0 Å². The molecule has 0 atom stereocenters. The molecule has 1 heterocycles. The summed E-state index contributed by atoms with van der Waals surface area (Å²) in [4.78, 5) is 19.4. The first-order valence-electron chi connectivity index (χ1n) is 8.13. The Balaban J connectivity index is 2.15. The van der Waals surface area contributed by atoms with E-state index < -0.39 is 8.07 Å². The van der Waals surface area contributed by atoms with Gasteiger partial charge in [-0.05, 0) is 30.3 Å². The summed E-state index contributed by atoms with van der Waals surface area (Å²) in [6.45, 7) is 6.97. The average Bonchev–Trinajstić information content (AvgIpc) is 2.56. The van der Waals surface area contributed by atoms with Gasteiger partial charge in [0.2, 0.25) is 0 Å². The number of anilines is 2. The molecular weight excluding hydrogens is 302 g/mol. The molecule has 5 heteroatoms. The number of para-hydroxylation sites is 1. The predicted octanol–water partition coefficient (Wildman–Crippen LogP) is 3.94. The Morgan fingerprint density at radius 1 is 1.13 bits per heavy atom. The van der Waals surface area contributed by atoms with E-state index in [1.807, 2.05) is 36.4 Å². The Bertz CT molecular complexity index is 919. The minimum absolute atomic E-state index is 0.345. The molecule has 118 valence electrons. The number of hydrogen-bond donors (Lipinski definition) is 1. The van der Waals surface area contributed by atoms with Gasteiger partial charge >= 0.3 is 0 Å². The van der Waals surface area contributed by atoms with E-state index in [-0.39, 0.29) is 5.56 Å². The molecule has 23 heavy (non-hydrogen) atoms. The number of rotatable bonds is 4. The van der Waals surface area contributed by atoms with E-state index in [9.17, 15) is 4.79 Å². The Kier molecular flexibility index (Phi) is 3.71. The maximum absolute atomic E-state index is 12.3. The SMILES string of the molecule is [2H]n1cnc2ccc(N(C[Si](C)(C)C)c3ccccc3)cc2c1=O. The van der Waals surface area contributed by atoms with Crippen LogP contribution in [0.15, 0.2) is 59.7 Å². The largest absolute Gasteiger partial charge is 0.344 e. The van der Waals surface area contributed by atoms with Crippen molar-refractivity contribution in [2.75, 3.05) is 11.1 Å². The van der Waals surface area contributed by atoms with Crippen molar-refractivity contribution in [1.29, 1.82) is 0 Å². The lowest BCUT2D eigenvalue weighted by Gasteiger charge is -2.31. The third kappa shape index (κ3) is 3.51. The van der Waals surface area contributed by atoms with Gasteiger partial charge in [-0.3, -0.25) is 4.79 Å². The average molecular weight is 324 g/mol. The molecule has 0 bridgehead atoms.